The van der Waals surface area contributed by atoms with Gasteiger partial charge in [0.15, 0.2) is 11.5 Å². The number of hydrogen-bond donors (Lipinski definition) is 0. The van der Waals surface area contributed by atoms with Crippen LogP contribution in [0.1, 0.15) is 22.4 Å². The largest absolute Gasteiger partial charge is 0.454 e. The molecule has 1 aromatic carbocycles. The Bertz CT molecular complexity index is 926. The zero-order valence-electron chi connectivity index (χ0n) is 12.5. The number of aromatic nitrogens is 1. The molecule has 0 amide bonds. The van der Waals surface area contributed by atoms with Crippen molar-refractivity contribution in [3.8, 4) is 17.6 Å². The van der Waals surface area contributed by atoms with Crippen molar-refractivity contribution in [1.82, 2.24) is 4.68 Å². The molecule has 0 N–H and O–H groups in total. The second-order valence-corrected chi connectivity index (χ2v) is 5.46. The Hall–Kier alpha value is -2.78. The van der Waals surface area contributed by atoms with Crippen molar-refractivity contribution >= 4 is 17.8 Å². The van der Waals surface area contributed by atoms with Crippen LogP contribution in [0.3, 0.4) is 0 Å². The lowest BCUT2D eigenvalue weighted by Gasteiger charge is -2.06. The number of nitriles is 1. The maximum Gasteiger partial charge on any atom is 0.289 e. The molecule has 0 bridgehead atoms. The Labute approximate surface area is 137 Å². The molecule has 0 fully saturated rings. The number of nitrogens with zero attached hydrogens (tertiary/aromatic N) is 3. The van der Waals surface area contributed by atoms with Crippen molar-refractivity contribution in [1.29, 1.82) is 5.26 Å². The van der Waals surface area contributed by atoms with E-state index in [9.17, 15) is 4.79 Å². The van der Waals surface area contributed by atoms with E-state index >= 15 is 0 Å². The topological polar surface area (TPSA) is 76.6 Å². The number of halogens is 1. The number of ether oxygens (including phenoxy) is 2. The molecule has 2 heterocycles. The Morgan fingerprint density at radius 1 is 1.35 bits per heavy atom. The van der Waals surface area contributed by atoms with Gasteiger partial charge in [0, 0.05) is 5.69 Å². The number of benzene rings is 1. The monoisotopic (exact) mass is 329 g/mol. The van der Waals surface area contributed by atoms with Crippen LogP contribution in [0.4, 0.5) is 0 Å². The molecule has 3 rings (SSSR count). The minimum Gasteiger partial charge on any atom is -0.454 e. The van der Waals surface area contributed by atoms with E-state index in [1.54, 1.807) is 32.0 Å². The summed E-state index contributed by atoms with van der Waals surface area (Å²) in [5.41, 5.74) is 1.55. The molecule has 7 heteroatoms. The summed E-state index contributed by atoms with van der Waals surface area (Å²) in [6.07, 6.45) is 1.48. The first-order valence-corrected chi connectivity index (χ1v) is 7.16. The predicted octanol–water partition coefficient (Wildman–Crippen LogP) is 2.60. The van der Waals surface area contributed by atoms with E-state index in [1.807, 2.05) is 6.07 Å². The molecule has 0 radical (unpaired) electrons. The summed E-state index contributed by atoms with van der Waals surface area (Å²) >= 11 is 6.11. The molecule has 116 valence electrons. The third-order valence-corrected chi connectivity index (χ3v) is 3.72. The molecule has 0 saturated heterocycles. The van der Waals surface area contributed by atoms with Gasteiger partial charge in [0.05, 0.1) is 11.2 Å². The second kappa shape index (κ2) is 5.78. The van der Waals surface area contributed by atoms with Crippen molar-refractivity contribution < 1.29 is 9.47 Å². The highest BCUT2D eigenvalue weighted by Crippen LogP contribution is 2.39. The number of hydrogen-bond acceptors (Lipinski definition) is 5. The molecular formula is C16H12ClN3O3. The van der Waals surface area contributed by atoms with Crippen LogP contribution < -0.4 is 15.0 Å². The van der Waals surface area contributed by atoms with E-state index < -0.39 is 5.56 Å². The number of pyridine rings is 1. The van der Waals surface area contributed by atoms with Gasteiger partial charge in [0.2, 0.25) is 6.79 Å². The van der Waals surface area contributed by atoms with E-state index in [0.717, 1.165) is 0 Å². The lowest BCUT2D eigenvalue weighted by atomic mass is 10.1. The van der Waals surface area contributed by atoms with Gasteiger partial charge in [-0.3, -0.25) is 4.79 Å². The number of aryl methyl sites for hydroxylation is 2. The maximum atomic E-state index is 12.3. The molecular weight excluding hydrogens is 318 g/mol. The summed E-state index contributed by atoms with van der Waals surface area (Å²) in [4.78, 5) is 12.3. The Morgan fingerprint density at radius 2 is 2.13 bits per heavy atom. The number of fused-ring (bicyclic) bond motifs is 1. The lowest BCUT2D eigenvalue weighted by Crippen LogP contribution is -2.22. The van der Waals surface area contributed by atoms with Gasteiger partial charge in [0.25, 0.3) is 5.56 Å². The van der Waals surface area contributed by atoms with Crippen molar-refractivity contribution in [2.75, 3.05) is 6.79 Å². The Balaban J connectivity index is 2.04. The molecule has 6 nitrogen and oxygen atoms in total. The number of rotatable bonds is 2. The van der Waals surface area contributed by atoms with Crippen LogP contribution in [0.2, 0.25) is 5.02 Å². The fourth-order valence-corrected chi connectivity index (χ4v) is 2.62. The molecule has 0 spiro atoms. The van der Waals surface area contributed by atoms with Crippen LogP contribution in [0.15, 0.2) is 28.1 Å². The molecule has 1 aliphatic heterocycles. The summed E-state index contributed by atoms with van der Waals surface area (Å²) in [5.74, 6) is 1.03. The fourth-order valence-electron chi connectivity index (χ4n) is 2.35. The van der Waals surface area contributed by atoms with Crippen LogP contribution in [-0.4, -0.2) is 17.7 Å². The van der Waals surface area contributed by atoms with E-state index in [-0.39, 0.29) is 12.4 Å². The summed E-state index contributed by atoms with van der Waals surface area (Å²) in [7, 11) is 0. The van der Waals surface area contributed by atoms with Gasteiger partial charge in [-0.25, -0.2) is 4.68 Å². The normalized spacial score (nSPS) is 12.6. The molecule has 0 unspecified atom stereocenters. The molecule has 0 aliphatic carbocycles. The summed E-state index contributed by atoms with van der Waals surface area (Å²) in [6.45, 7) is 3.59. The van der Waals surface area contributed by atoms with Gasteiger partial charge in [-0.05, 0) is 43.2 Å². The van der Waals surface area contributed by atoms with Crippen molar-refractivity contribution in [3.05, 3.63) is 56.0 Å². The highest BCUT2D eigenvalue weighted by atomic mass is 35.5. The van der Waals surface area contributed by atoms with Crippen LogP contribution in [0.25, 0.3) is 0 Å². The molecule has 0 atom stereocenters. The standard InChI is InChI=1S/C16H12ClN3O3/c1-9-3-10(2)20(16(21)12(9)6-18)19-7-11-4-13(17)15-14(5-11)22-8-23-15/h3-5,7H,8H2,1-2H3/b19-7-. The van der Waals surface area contributed by atoms with Crippen molar-refractivity contribution in [2.24, 2.45) is 5.10 Å². The molecule has 2 aromatic rings. The van der Waals surface area contributed by atoms with Gasteiger partial charge in [-0.2, -0.15) is 10.4 Å². The van der Waals surface area contributed by atoms with E-state index in [1.165, 1.54) is 10.9 Å². The van der Waals surface area contributed by atoms with Crippen molar-refractivity contribution in [3.63, 3.8) is 0 Å². The quantitative estimate of drug-likeness (QED) is 0.793. The van der Waals surface area contributed by atoms with Crippen LogP contribution in [0, 0.1) is 25.2 Å². The van der Waals surface area contributed by atoms with E-state index in [4.69, 9.17) is 26.3 Å². The SMILES string of the molecule is Cc1cc(C)n(/N=C\c2cc(Cl)c3c(c2)OCO3)c(=O)c1C#N. The third kappa shape index (κ3) is 2.67. The van der Waals surface area contributed by atoms with E-state index in [0.29, 0.717) is 33.3 Å². The average Bonchev–Trinajstić information content (AvgIpc) is 2.96. The van der Waals surface area contributed by atoms with Gasteiger partial charge < -0.3 is 9.47 Å². The van der Waals surface area contributed by atoms with Crippen LogP contribution in [-0.2, 0) is 0 Å². The zero-order valence-corrected chi connectivity index (χ0v) is 13.2. The van der Waals surface area contributed by atoms with Gasteiger partial charge >= 0.3 is 0 Å². The van der Waals surface area contributed by atoms with Gasteiger partial charge in [-0.1, -0.05) is 11.6 Å². The third-order valence-electron chi connectivity index (χ3n) is 3.44. The average molecular weight is 330 g/mol. The fraction of sp³-hybridized carbons (Fsp3) is 0.188. The first-order chi connectivity index (χ1) is 11.0. The summed E-state index contributed by atoms with van der Waals surface area (Å²) < 4.78 is 11.7. The molecule has 1 aromatic heterocycles. The lowest BCUT2D eigenvalue weighted by molar-refractivity contribution is 0.174. The minimum atomic E-state index is -0.451. The first kappa shape index (κ1) is 15.1. The second-order valence-electron chi connectivity index (χ2n) is 5.05. The first-order valence-electron chi connectivity index (χ1n) is 6.78. The van der Waals surface area contributed by atoms with Crippen LogP contribution in [0.5, 0.6) is 11.5 Å². The molecule has 1 aliphatic rings. The summed E-state index contributed by atoms with van der Waals surface area (Å²) in [6, 6.07) is 7.03. The highest BCUT2D eigenvalue weighted by molar-refractivity contribution is 6.32. The Kier molecular flexibility index (Phi) is 3.80. The Morgan fingerprint density at radius 3 is 2.87 bits per heavy atom. The molecule has 0 saturated carbocycles. The predicted molar refractivity (Wildman–Crippen MR) is 85.5 cm³/mol. The van der Waals surface area contributed by atoms with Crippen molar-refractivity contribution in [2.45, 2.75) is 13.8 Å². The zero-order chi connectivity index (χ0) is 16.6. The highest BCUT2D eigenvalue weighted by Gasteiger charge is 2.17. The van der Waals surface area contributed by atoms with Gasteiger partial charge in [-0.15, -0.1) is 0 Å². The van der Waals surface area contributed by atoms with Crippen LogP contribution >= 0.6 is 11.6 Å². The minimum absolute atomic E-state index is 0.0801. The summed E-state index contributed by atoms with van der Waals surface area (Å²) in [5, 5.41) is 13.7. The van der Waals surface area contributed by atoms with Gasteiger partial charge in [0.1, 0.15) is 11.6 Å². The molecule has 23 heavy (non-hydrogen) atoms. The smallest absolute Gasteiger partial charge is 0.289 e. The maximum absolute atomic E-state index is 12.3. The van der Waals surface area contributed by atoms with E-state index in [2.05, 4.69) is 5.10 Å².